The second-order valence-electron chi connectivity index (χ2n) is 6.73. The third-order valence-corrected chi connectivity index (χ3v) is 4.92. The molecule has 1 aliphatic rings. The smallest absolute Gasteiger partial charge is 0.317 e. The van der Waals surface area contributed by atoms with Crippen LogP contribution in [0.2, 0.25) is 0 Å². The van der Waals surface area contributed by atoms with Crippen LogP contribution < -0.4 is 10.9 Å². The molecule has 1 aromatic heterocycles. The van der Waals surface area contributed by atoms with Gasteiger partial charge >= 0.3 is 5.97 Å². The predicted molar refractivity (Wildman–Crippen MR) is 98.3 cm³/mol. The fraction of sp³-hybridized carbons (Fsp3) is 0.500. The average Bonchev–Trinajstić information content (AvgIpc) is 2.62. The molecule has 144 valence electrons. The van der Waals surface area contributed by atoms with E-state index >= 15 is 0 Å². The first-order valence-electron chi connectivity index (χ1n) is 9.05. The van der Waals surface area contributed by atoms with Gasteiger partial charge in [0.25, 0.3) is 5.56 Å². The van der Waals surface area contributed by atoms with Crippen molar-refractivity contribution in [1.29, 1.82) is 0 Å². The Morgan fingerprint density at radius 1 is 1.33 bits per heavy atom. The van der Waals surface area contributed by atoms with Crippen LogP contribution in [0.15, 0.2) is 29.1 Å². The van der Waals surface area contributed by atoms with Crippen LogP contribution in [0.4, 0.5) is 0 Å². The van der Waals surface area contributed by atoms with Crippen molar-refractivity contribution in [3.63, 3.8) is 0 Å². The van der Waals surface area contributed by atoms with E-state index in [2.05, 4.69) is 15.6 Å². The molecule has 0 spiro atoms. The van der Waals surface area contributed by atoms with Crippen molar-refractivity contribution in [3.05, 3.63) is 34.6 Å². The number of carboxylic acid groups (broad SMARTS) is 1. The molecule has 9 heteroatoms. The maximum absolute atomic E-state index is 12.3. The predicted octanol–water partition coefficient (Wildman–Crippen LogP) is 0.235. The summed E-state index contributed by atoms with van der Waals surface area (Å²) in [6.07, 6.45) is 1.62. The van der Waals surface area contributed by atoms with Gasteiger partial charge in [-0.3, -0.25) is 19.3 Å². The lowest BCUT2D eigenvalue weighted by Crippen LogP contribution is -2.54. The number of aryl methyl sites for hydroxylation is 1. The number of nitrogens with zero attached hydrogens (tertiary/aromatic N) is 4. The van der Waals surface area contributed by atoms with Crippen molar-refractivity contribution in [2.24, 2.45) is 0 Å². The van der Waals surface area contributed by atoms with E-state index in [1.807, 2.05) is 11.8 Å². The van der Waals surface area contributed by atoms with E-state index in [9.17, 15) is 14.4 Å². The number of carbonyl (C=O) groups excluding carboxylic acids is 1. The number of aliphatic carboxylic acids is 1. The monoisotopic (exact) mass is 373 g/mol. The summed E-state index contributed by atoms with van der Waals surface area (Å²) in [5, 5.41) is 20.2. The van der Waals surface area contributed by atoms with Crippen LogP contribution in [0.3, 0.4) is 0 Å². The van der Waals surface area contributed by atoms with Crippen LogP contribution in [0.25, 0.3) is 10.9 Å². The van der Waals surface area contributed by atoms with Gasteiger partial charge in [-0.05, 0) is 31.5 Å². The van der Waals surface area contributed by atoms with Gasteiger partial charge in [0, 0.05) is 18.5 Å². The van der Waals surface area contributed by atoms with Gasteiger partial charge in [-0.2, -0.15) is 0 Å². The first-order valence-corrected chi connectivity index (χ1v) is 9.05. The number of carboxylic acids is 1. The third-order valence-electron chi connectivity index (χ3n) is 4.92. The molecule has 0 atom stereocenters. The molecule has 1 saturated carbocycles. The van der Waals surface area contributed by atoms with E-state index in [0.717, 1.165) is 12.8 Å². The molecule has 0 bridgehead atoms. The minimum absolute atomic E-state index is 0.0192. The number of carbonyl (C=O) groups is 2. The van der Waals surface area contributed by atoms with Crippen molar-refractivity contribution in [1.82, 2.24) is 25.2 Å². The van der Waals surface area contributed by atoms with Gasteiger partial charge in [0.05, 0.1) is 18.5 Å². The molecule has 2 aromatic rings. The van der Waals surface area contributed by atoms with E-state index in [-0.39, 0.29) is 43.1 Å². The Bertz CT molecular complexity index is 891. The number of hydrogen-bond donors (Lipinski definition) is 2. The van der Waals surface area contributed by atoms with Crippen LogP contribution in [0.5, 0.6) is 0 Å². The van der Waals surface area contributed by atoms with Gasteiger partial charge < -0.3 is 10.4 Å². The highest BCUT2D eigenvalue weighted by Gasteiger charge is 2.34. The zero-order chi connectivity index (χ0) is 19.4. The lowest BCUT2D eigenvalue weighted by molar-refractivity contribution is -0.139. The summed E-state index contributed by atoms with van der Waals surface area (Å²) < 4.78 is 1.21. The van der Waals surface area contributed by atoms with Gasteiger partial charge in [0.2, 0.25) is 5.91 Å². The first kappa shape index (κ1) is 19.0. The standard InChI is InChI=1S/C18H23N5O4/c1-2-22(11-17(25)26)13-9-12(10-13)19-16(24)7-8-23-18(27)14-5-3-4-6-15(14)20-21-23/h3-6,12-13H,2,7-11H2,1H3,(H,19,24)(H,25,26). The maximum atomic E-state index is 12.3. The minimum Gasteiger partial charge on any atom is -0.480 e. The second-order valence-corrected chi connectivity index (χ2v) is 6.73. The van der Waals surface area contributed by atoms with Gasteiger partial charge in [0.1, 0.15) is 5.52 Å². The normalized spacial score (nSPS) is 19.0. The van der Waals surface area contributed by atoms with Crippen molar-refractivity contribution < 1.29 is 14.7 Å². The fourth-order valence-electron chi connectivity index (χ4n) is 3.35. The summed E-state index contributed by atoms with van der Waals surface area (Å²) in [4.78, 5) is 37.2. The van der Waals surface area contributed by atoms with Crippen LogP contribution in [0.1, 0.15) is 26.2 Å². The molecule has 0 unspecified atom stereocenters. The van der Waals surface area contributed by atoms with E-state index < -0.39 is 5.97 Å². The Hall–Kier alpha value is -2.81. The van der Waals surface area contributed by atoms with Crippen LogP contribution in [-0.4, -0.2) is 62.0 Å². The molecule has 27 heavy (non-hydrogen) atoms. The largest absolute Gasteiger partial charge is 0.480 e. The summed E-state index contributed by atoms with van der Waals surface area (Å²) >= 11 is 0. The average molecular weight is 373 g/mol. The van der Waals surface area contributed by atoms with E-state index in [0.29, 0.717) is 17.4 Å². The number of nitrogens with one attached hydrogen (secondary N) is 1. The first-order chi connectivity index (χ1) is 13.0. The lowest BCUT2D eigenvalue weighted by atomic mass is 9.85. The number of hydrogen-bond acceptors (Lipinski definition) is 6. The summed E-state index contributed by atoms with van der Waals surface area (Å²) in [6.45, 7) is 2.78. The van der Waals surface area contributed by atoms with Crippen LogP contribution in [-0.2, 0) is 16.1 Å². The highest BCUT2D eigenvalue weighted by molar-refractivity contribution is 5.77. The lowest BCUT2D eigenvalue weighted by Gasteiger charge is -2.42. The van der Waals surface area contributed by atoms with Crippen molar-refractivity contribution in [3.8, 4) is 0 Å². The number of benzene rings is 1. The Morgan fingerprint density at radius 3 is 2.78 bits per heavy atom. The zero-order valence-corrected chi connectivity index (χ0v) is 15.2. The van der Waals surface area contributed by atoms with Crippen molar-refractivity contribution >= 4 is 22.8 Å². The number of rotatable bonds is 8. The Kier molecular flexibility index (Phi) is 5.80. The Balaban J connectivity index is 1.48. The molecular weight excluding hydrogens is 350 g/mol. The van der Waals surface area contributed by atoms with Crippen molar-refractivity contribution in [2.75, 3.05) is 13.1 Å². The molecule has 9 nitrogen and oxygen atoms in total. The van der Waals surface area contributed by atoms with Gasteiger partial charge in [-0.1, -0.05) is 24.3 Å². The molecule has 0 radical (unpaired) electrons. The van der Waals surface area contributed by atoms with Crippen molar-refractivity contribution in [2.45, 2.75) is 44.8 Å². The molecule has 0 saturated heterocycles. The summed E-state index contributed by atoms with van der Waals surface area (Å²) in [5.41, 5.74) is 0.273. The number of aromatic nitrogens is 3. The summed E-state index contributed by atoms with van der Waals surface area (Å²) in [7, 11) is 0. The van der Waals surface area contributed by atoms with E-state index in [4.69, 9.17) is 5.11 Å². The quantitative estimate of drug-likeness (QED) is 0.680. The maximum Gasteiger partial charge on any atom is 0.317 e. The summed E-state index contributed by atoms with van der Waals surface area (Å²) in [6, 6.07) is 7.19. The van der Waals surface area contributed by atoms with E-state index in [1.165, 1.54) is 4.68 Å². The third kappa shape index (κ3) is 4.48. The molecule has 0 aliphatic heterocycles. The topological polar surface area (TPSA) is 117 Å². The summed E-state index contributed by atoms with van der Waals surface area (Å²) in [5.74, 6) is -0.993. The molecule has 1 aliphatic carbocycles. The van der Waals surface area contributed by atoms with Gasteiger partial charge in [-0.15, -0.1) is 5.10 Å². The molecule has 2 N–H and O–H groups in total. The van der Waals surface area contributed by atoms with Gasteiger partial charge in [-0.25, -0.2) is 4.68 Å². The SMILES string of the molecule is CCN(CC(=O)O)C1CC(NC(=O)CCn2nnc3ccccc3c2=O)C1. The molecule has 1 aromatic carbocycles. The molecule has 3 rings (SSSR count). The number of amides is 1. The minimum atomic E-state index is -0.841. The Morgan fingerprint density at radius 2 is 2.07 bits per heavy atom. The fourth-order valence-corrected chi connectivity index (χ4v) is 3.35. The number of fused-ring (bicyclic) bond motifs is 1. The Labute approximate surface area is 156 Å². The second kappa shape index (κ2) is 8.26. The van der Waals surface area contributed by atoms with Gasteiger partial charge in [0.15, 0.2) is 0 Å². The molecule has 1 amide bonds. The number of likely N-dealkylation sites (N-methyl/N-ethyl adjacent to an activating group) is 1. The molecule has 1 fully saturated rings. The van der Waals surface area contributed by atoms with E-state index in [1.54, 1.807) is 24.3 Å². The zero-order valence-electron chi connectivity index (χ0n) is 15.2. The highest BCUT2D eigenvalue weighted by atomic mass is 16.4. The van der Waals surface area contributed by atoms with Crippen LogP contribution >= 0.6 is 0 Å². The molecule has 1 heterocycles. The molecular formula is C18H23N5O4. The highest BCUT2D eigenvalue weighted by Crippen LogP contribution is 2.25. The van der Waals surface area contributed by atoms with Crippen LogP contribution in [0, 0.1) is 0 Å².